The summed E-state index contributed by atoms with van der Waals surface area (Å²) < 4.78 is 5.27. The Morgan fingerprint density at radius 1 is 1.21 bits per heavy atom. The summed E-state index contributed by atoms with van der Waals surface area (Å²) in [5.41, 5.74) is 1.90. The van der Waals surface area contributed by atoms with Gasteiger partial charge in [0.25, 0.3) is 5.91 Å². The van der Waals surface area contributed by atoms with Crippen LogP contribution in [0.25, 0.3) is 0 Å². The van der Waals surface area contributed by atoms with Crippen LogP contribution in [0, 0.1) is 5.92 Å². The molecule has 2 fully saturated rings. The predicted molar refractivity (Wildman–Crippen MR) is 110 cm³/mol. The van der Waals surface area contributed by atoms with Crippen molar-refractivity contribution in [2.45, 2.75) is 57.5 Å². The fraction of sp³-hybridized carbons (Fsp3) is 0.591. The number of ether oxygens (including phenoxy) is 1. The lowest BCUT2D eigenvalue weighted by Gasteiger charge is -2.33. The van der Waals surface area contributed by atoms with Crippen molar-refractivity contribution in [3.05, 3.63) is 23.8 Å². The smallest absolute Gasteiger partial charge is 0.338 e. The second-order valence-electron chi connectivity index (χ2n) is 8.57. The van der Waals surface area contributed by atoms with Crippen LogP contribution in [0.1, 0.15) is 55.8 Å². The summed E-state index contributed by atoms with van der Waals surface area (Å²) in [6, 6.07) is 5.30. The van der Waals surface area contributed by atoms with Crippen molar-refractivity contribution in [2.24, 2.45) is 5.92 Å². The summed E-state index contributed by atoms with van der Waals surface area (Å²) >= 11 is 0. The molecule has 0 bridgehead atoms. The Hall–Kier alpha value is -2.57. The summed E-state index contributed by atoms with van der Waals surface area (Å²) in [6.07, 6.45) is 6.09. The Morgan fingerprint density at radius 2 is 1.97 bits per heavy atom. The standard InChI is InChI=1S/C22H29N3O4/c1-14-5-8-16(9-6-14)24(2)20(26)13-29-22(28)15-7-10-18-17(12-15)23-21(27)19-4-3-11-25(18)19/h7,10,12,14,16,19H,3-6,8-9,11,13H2,1-2H3,(H,23,27)/t14?,16?,19-/m0/s1. The number of benzene rings is 1. The van der Waals surface area contributed by atoms with Crippen LogP contribution in [0.3, 0.4) is 0 Å². The molecule has 1 aliphatic carbocycles. The highest BCUT2D eigenvalue weighted by molar-refractivity contribution is 6.05. The van der Waals surface area contributed by atoms with Gasteiger partial charge in [-0.25, -0.2) is 4.79 Å². The first-order chi connectivity index (χ1) is 13.9. The van der Waals surface area contributed by atoms with E-state index >= 15 is 0 Å². The summed E-state index contributed by atoms with van der Waals surface area (Å²) in [5.74, 6) is -0.0410. The number of rotatable bonds is 4. The predicted octanol–water partition coefficient (Wildman–Crippen LogP) is 2.80. The van der Waals surface area contributed by atoms with E-state index in [1.54, 1.807) is 24.1 Å². The number of amides is 2. The number of carbonyl (C=O) groups is 3. The van der Waals surface area contributed by atoms with Gasteiger partial charge in [-0.3, -0.25) is 9.59 Å². The second kappa shape index (κ2) is 8.05. The molecule has 29 heavy (non-hydrogen) atoms. The molecule has 7 heteroatoms. The Balaban J connectivity index is 1.36. The number of esters is 1. The van der Waals surface area contributed by atoms with Gasteiger partial charge >= 0.3 is 5.97 Å². The molecular weight excluding hydrogens is 370 g/mol. The van der Waals surface area contributed by atoms with Crippen LogP contribution in [0.15, 0.2) is 18.2 Å². The second-order valence-corrected chi connectivity index (χ2v) is 8.57. The van der Waals surface area contributed by atoms with Gasteiger partial charge in [0.2, 0.25) is 5.91 Å². The average Bonchev–Trinajstić information content (AvgIpc) is 3.22. The number of nitrogens with one attached hydrogen (secondary N) is 1. The van der Waals surface area contributed by atoms with Crippen LogP contribution < -0.4 is 10.2 Å². The zero-order valence-corrected chi connectivity index (χ0v) is 17.1. The monoisotopic (exact) mass is 399 g/mol. The Kier molecular flexibility index (Phi) is 5.48. The van der Waals surface area contributed by atoms with Crippen LogP contribution in [0.2, 0.25) is 0 Å². The molecule has 1 aromatic rings. The quantitative estimate of drug-likeness (QED) is 0.788. The number of anilines is 2. The van der Waals surface area contributed by atoms with Crippen LogP contribution in [0.4, 0.5) is 11.4 Å². The lowest BCUT2D eigenvalue weighted by molar-refractivity contribution is -0.136. The molecule has 0 aromatic heterocycles. The van der Waals surface area contributed by atoms with E-state index in [1.165, 1.54) is 0 Å². The van der Waals surface area contributed by atoms with E-state index in [9.17, 15) is 14.4 Å². The molecule has 2 heterocycles. The summed E-state index contributed by atoms with van der Waals surface area (Å²) in [4.78, 5) is 41.0. The van der Waals surface area contributed by atoms with Crippen LogP contribution in [-0.2, 0) is 14.3 Å². The molecule has 0 radical (unpaired) electrons. The number of fused-ring (bicyclic) bond motifs is 3. The highest BCUT2D eigenvalue weighted by atomic mass is 16.5. The Bertz CT molecular complexity index is 816. The van der Waals surface area contributed by atoms with Gasteiger partial charge in [0, 0.05) is 19.6 Å². The minimum Gasteiger partial charge on any atom is -0.452 e. The van der Waals surface area contributed by atoms with Gasteiger partial charge < -0.3 is 19.9 Å². The molecule has 3 aliphatic rings. The molecule has 1 aromatic carbocycles. The molecule has 0 unspecified atom stereocenters. The van der Waals surface area contributed by atoms with E-state index in [0.29, 0.717) is 17.2 Å². The number of hydrogen-bond donors (Lipinski definition) is 1. The Morgan fingerprint density at radius 3 is 2.72 bits per heavy atom. The van der Waals surface area contributed by atoms with E-state index in [0.717, 1.165) is 50.8 Å². The lowest BCUT2D eigenvalue weighted by Crippen LogP contribution is -2.44. The zero-order chi connectivity index (χ0) is 20.5. The average molecular weight is 399 g/mol. The largest absolute Gasteiger partial charge is 0.452 e. The molecule has 1 saturated heterocycles. The fourth-order valence-corrected chi connectivity index (χ4v) is 4.70. The maximum atomic E-state index is 12.5. The molecule has 0 spiro atoms. The van der Waals surface area contributed by atoms with Crippen molar-refractivity contribution in [3.63, 3.8) is 0 Å². The maximum Gasteiger partial charge on any atom is 0.338 e. The van der Waals surface area contributed by atoms with E-state index in [1.807, 2.05) is 6.07 Å². The van der Waals surface area contributed by atoms with Crippen molar-refractivity contribution < 1.29 is 19.1 Å². The topological polar surface area (TPSA) is 79.0 Å². The van der Waals surface area contributed by atoms with Crippen molar-refractivity contribution in [1.29, 1.82) is 0 Å². The van der Waals surface area contributed by atoms with Gasteiger partial charge in [0.15, 0.2) is 6.61 Å². The molecule has 156 valence electrons. The van der Waals surface area contributed by atoms with Crippen molar-refractivity contribution in [3.8, 4) is 0 Å². The van der Waals surface area contributed by atoms with Gasteiger partial charge in [-0.05, 0) is 62.6 Å². The third-order valence-electron chi connectivity index (χ3n) is 6.61. The first kappa shape index (κ1) is 19.7. The van der Waals surface area contributed by atoms with Crippen molar-refractivity contribution in [2.75, 3.05) is 30.4 Å². The normalized spacial score (nSPS) is 25.7. The molecule has 1 N–H and O–H groups in total. The summed E-state index contributed by atoms with van der Waals surface area (Å²) in [5, 5.41) is 2.89. The van der Waals surface area contributed by atoms with E-state index in [-0.39, 0.29) is 30.5 Å². The van der Waals surface area contributed by atoms with Gasteiger partial charge in [0.1, 0.15) is 6.04 Å². The highest BCUT2D eigenvalue weighted by Crippen LogP contribution is 2.37. The van der Waals surface area contributed by atoms with E-state index < -0.39 is 5.97 Å². The fourth-order valence-electron chi connectivity index (χ4n) is 4.70. The first-order valence-electron chi connectivity index (χ1n) is 10.6. The molecule has 1 atom stereocenters. The molecule has 4 rings (SSSR count). The van der Waals surface area contributed by atoms with Gasteiger partial charge in [0.05, 0.1) is 16.9 Å². The molecule has 1 saturated carbocycles. The zero-order valence-electron chi connectivity index (χ0n) is 17.1. The number of hydrogen-bond acceptors (Lipinski definition) is 5. The third-order valence-corrected chi connectivity index (χ3v) is 6.61. The number of nitrogens with zero attached hydrogens (tertiary/aromatic N) is 2. The number of likely N-dealkylation sites (N-methyl/N-ethyl adjacent to an activating group) is 1. The van der Waals surface area contributed by atoms with E-state index in [2.05, 4.69) is 17.1 Å². The van der Waals surface area contributed by atoms with Crippen LogP contribution in [0.5, 0.6) is 0 Å². The number of carbonyl (C=O) groups excluding carboxylic acids is 3. The molecule has 2 amide bonds. The van der Waals surface area contributed by atoms with Gasteiger partial charge in [-0.2, -0.15) is 0 Å². The minimum atomic E-state index is -0.551. The van der Waals surface area contributed by atoms with Gasteiger partial charge in [-0.1, -0.05) is 6.92 Å². The highest BCUT2D eigenvalue weighted by Gasteiger charge is 2.36. The first-order valence-corrected chi connectivity index (χ1v) is 10.6. The molecular formula is C22H29N3O4. The third kappa shape index (κ3) is 3.95. The lowest BCUT2D eigenvalue weighted by atomic mass is 9.87. The molecule has 2 aliphatic heterocycles. The molecule has 7 nitrogen and oxygen atoms in total. The van der Waals surface area contributed by atoms with Crippen LogP contribution >= 0.6 is 0 Å². The van der Waals surface area contributed by atoms with Gasteiger partial charge in [-0.15, -0.1) is 0 Å². The van der Waals surface area contributed by atoms with E-state index in [4.69, 9.17) is 4.74 Å². The summed E-state index contributed by atoms with van der Waals surface area (Å²) in [7, 11) is 1.79. The summed E-state index contributed by atoms with van der Waals surface area (Å²) in [6.45, 7) is 2.82. The van der Waals surface area contributed by atoms with Crippen LogP contribution in [-0.4, -0.2) is 55.0 Å². The minimum absolute atomic E-state index is 0.0286. The maximum absolute atomic E-state index is 12.5. The van der Waals surface area contributed by atoms with Crippen molar-refractivity contribution in [1.82, 2.24) is 4.90 Å². The Labute approximate surface area is 171 Å². The SMILES string of the molecule is CC1CCC(N(C)C(=O)COC(=O)c2ccc3c(c2)NC(=O)[C@@H]2CCCN32)CC1. The van der Waals surface area contributed by atoms with Crippen molar-refractivity contribution >= 4 is 29.2 Å².